The molecule has 0 saturated carbocycles. The molecule has 0 aromatic heterocycles. The Kier molecular flexibility index (Phi) is 3.43. The quantitative estimate of drug-likeness (QED) is 0.858. The van der Waals surface area contributed by atoms with Crippen LogP contribution in [0, 0.1) is 0 Å². The molecule has 20 heavy (non-hydrogen) atoms. The number of nitrogens with zero attached hydrogens (tertiary/aromatic N) is 1. The van der Waals surface area contributed by atoms with Crippen molar-refractivity contribution in [2.45, 2.75) is 25.4 Å². The van der Waals surface area contributed by atoms with Gasteiger partial charge in [-0.25, -0.2) is 0 Å². The number of carbonyl (C=O) groups is 2. The van der Waals surface area contributed by atoms with E-state index in [2.05, 4.69) is 0 Å². The topological polar surface area (TPSA) is 92.9 Å². The number of carboxylic acids is 1. The fourth-order valence-electron chi connectivity index (χ4n) is 2.31. The van der Waals surface area contributed by atoms with Crippen molar-refractivity contribution in [1.82, 2.24) is 0 Å². The lowest BCUT2D eigenvalue weighted by atomic mass is 9.96. The second kappa shape index (κ2) is 4.79. The molecule has 6 heteroatoms. The van der Waals surface area contributed by atoms with E-state index >= 15 is 0 Å². The molecule has 108 valence electrons. The lowest BCUT2D eigenvalue weighted by Crippen LogP contribution is -2.50. The Labute approximate surface area is 117 Å². The molecule has 1 aliphatic rings. The molecule has 0 spiro atoms. The average molecular weight is 278 g/mol. The maximum absolute atomic E-state index is 12.2. The summed E-state index contributed by atoms with van der Waals surface area (Å²) in [5.41, 5.74) is 5.69. The van der Waals surface area contributed by atoms with Gasteiger partial charge in [0.15, 0.2) is 5.60 Å². The maximum atomic E-state index is 12.2. The number of carboxylic acid groups (broad SMARTS) is 1. The predicted octanol–water partition coefficient (Wildman–Crippen LogP) is 0.947. The van der Waals surface area contributed by atoms with Crippen molar-refractivity contribution in [3.05, 3.63) is 23.8 Å². The number of ether oxygens (including phenoxy) is 1. The second-order valence-corrected chi connectivity index (χ2v) is 5.33. The third-order valence-corrected chi connectivity index (χ3v) is 3.47. The smallest absolute Gasteiger partial charge is 0.312 e. The number of carbonyl (C=O) groups excluding carboxylic acids is 1. The predicted molar refractivity (Wildman–Crippen MR) is 74.0 cm³/mol. The molecule has 2 rings (SSSR count). The molecule has 1 aliphatic heterocycles. The molecule has 0 bridgehead atoms. The summed E-state index contributed by atoms with van der Waals surface area (Å²) in [7, 11) is 1.65. The number of hydrogen-bond acceptors (Lipinski definition) is 4. The minimum Gasteiger partial charge on any atom is -0.481 e. The van der Waals surface area contributed by atoms with Gasteiger partial charge in [0.1, 0.15) is 5.75 Å². The minimum absolute atomic E-state index is 0.00185. The Morgan fingerprint density at radius 1 is 1.50 bits per heavy atom. The molecule has 0 radical (unpaired) electrons. The van der Waals surface area contributed by atoms with Crippen LogP contribution < -0.4 is 15.4 Å². The van der Waals surface area contributed by atoms with E-state index in [1.807, 2.05) is 0 Å². The van der Waals surface area contributed by atoms with E-state index in [4.69, 9.17) is 15.6 Å². The number of hydrogen-bond donors (Lipinski definition) is 2. The summed E-state index contributed by atoms with van der Waals surface area (Å²) in [4.78, 5) is 24.8. The van der Waals surface area contributed by atoms with E-state index in [1.54, 1.807) is 39.1 Å². The fourth-order valence-corrected chi connectivity index (χ4v) is 2.31. The van der Waals surface area contributed by atoms with Gasteiger partial charge in [-0.1, -0.05) is 6.07 Å². The van der Waals surface area contributed by atoms with E-state index < -0.39 is 17.5 Å². The number of aliphatic carboxylic acids is 1. The summed E-state index contributed by atoms with van der Waals surface area (Å²) < 4.78 is 5.66. The average Bonchev–Trinajstić information content (AvgIpc) is 2.37. The van der Waals surface area contributed by atoms with Gasteiger partial charge in [-0.15, -0.1) is 0 Å². The number of nitrogens with two attached hydrogens (primary N) is 1. The van der Waals surface area contributed by atoms with Crippen molar-refractivity contribution >= 4 is 17.6 Å². The summed E-state index contributed by atoms with van der Waals surface area (Å²) >= 11 is 0. The largest absolute Gasteiger partial charge is 0.481 e. The number of amides is 1. The Balaban J connectivity index is 2.47. The Morgan fingerprint density at radius 3 is 2.70 bits per heavy atom. The zero-order valence-corrected chi connectivity index (χ0v) is 11.7. The molecular formula is C14H18N2O4. The van der Waals surface area contributed by atoms with Crippen LogP contribution in [0.2, 0.25) is 0 Å². The maximum Gasteiger partial charge on any atom is 0.312 e. The molecule has 1 unspecified atom stereocenters. The van der Waals surface area contributed by atoms with E-state index in [9.17, 15) is 9.59 Å². The molecule has 1 amide bonds. The normalized spacial score (nSPS) is 18.2. The van der Waals surface area contributed by atoms with Crippen LogP contribution >= 0.6 is 0 Å². The first-order valence-corrected chi connectivity index (χ1v) is 6.32. The minimum atomic E-state index is -0.988. The van der Waals surface area contributed by atoms with Crippen LogP contribution in [0.1, 0.15) is 25.3 Å². The number of fused-ring (bicyclic) bond motifs is 1. The summed E-state index contributed by atoms with van der Waals surface area (Å²) in [6, 6.07) is 5.00. The first-order valence-electron chi connectivity index (χ1n) is 6.32. The summed E-state index contributed by atoms with van der Waals surface area (Å²) in [6.45, 7) is 3.39. The molecule has 3 N–H and O–H groups in total. The van der Waals surface area contributed by atoms with Gasteiger partial charge >= 0.3 is 5.97 Å². The number of rotatable bonds is 3. The molecule has 1 aromatic rings. The van der Waals surface area contributed by atoms with Crippen LogP contribution in [0.15, 0.2) is 18.2 Å². The van der Waals surface area contributed by atoms with Gasteiger partial charge in [-0.3, -0.25) is 9.59 Å². The van der Waals surface area contributed by atoms with Gasteiger partial charge < -0.3 is 20.5 Å². The summed E-state index contributed by atoms with van der Waals surface area (Å²) in [6.07, 6.45) is 0. The molecule has 1 aromatic carbocycles. The van der Waals surface area contributed by atoms with Crippen molar-refractivity contribution in [3.63, 3.8) is 0 Å². The van der Waals surface area contributed by atoms with Crippen molar-refractivity contribution < 1.29 is 19.4 Å². The van der Waals surface area contributed by atoms with Crippen LogP contribution in [-0.4, -0.2) is 36.2 Å². The van der Waals surface area contributed by atoms with E-state index in [1.165, 1.54) is 4.90 Å². The van der Waals surface area contributed by atoms with Crippen molar-refractivity contribution in [3.8, 4) is 5.75 Å². The van der Waals surface area contributed by atoms with Gasteiger partial charge in [-0.2, -0.15) is 0 Å². The number of likely N-dealkylation sites (N-methyl/N-ethyl adjacent to an activating group) is 1. The molecule has 1 heterocycles. The molecule has 1 atom stereocenters. The van der Waals surface area contributed by atoms with Gasteiger partial charge in [-0.05, 0) is 31.5 Å². The van der Waals surface area contributed by atoms with Crippen LogP contribution in [0.5, 0.6) is 5.75 Å². The van der Waals surface area contributed by atoms with Crippen LogP contribution in [0.3, 0.4) is 0 Å². The van der Waals surface area contributed by atoms with Gasteiger partial charge in [0.2, 0.25) is 0 Å². The molecule has 0 aliphatic carbocycles. The lowest BCUT2D eigenvalue weighted by Gasteiger charge is -2.37. The Hall–Kier alpha value is -2.08. The molecule has 0 fully saturated rings. The molecule has 6 nitrogen and oxygen atoms in total. The van der Waals surface area contributed by atoms with Crippen LogP contribution in [0.25, 0.3) is 0 Å². The van der Waals surface area contributed by atoms with Crippen molar-refractivity contribution in [1.29, 1.82) is 0 Å². The highest BCUT2D eigenvalue weighted by Gasteiger charge is 2.39. The van der Waals surface area contributed by atoms with E-state index in [0.717, 1.165) is 0 Å². The fraction of sp³-hybridized carbons (Fsp3) is 0.429. The SMILES string of the molecule is CN1C(=O)C(C)(C)Oc2ccc(C(CN)C(=O)O)cc21. The van der Waals surface area contributed by atoms with E-state index in [-0.39, 0.29) is 12.5 Å². The molecule has 0 saturated heterocycles. The van der Waals surface area contributed by atoms with Gasteiger partial charge in [0, 0.05) is 13.6 Å². The highest BCUT2D eigenvalue weighted by Crippen LogP contribution is 2.38. The Bertz CT molecular complexity index is 568. The standard InChI is InChI=1S/C14H18N2O4/c1-14(2)13(19)16(3)10-6-8(4-5-11(10)20-14)9(7-15)12(17)18/h4-6,9H,7,15H2,1-3H3,(H,17,18). The third-order valence-electron chi connectivity index (χ3n) is 3.47. The van der Waals surface area contributed by atoms with E-state index in [0.29, 0.717) is 17.0 Å². The Morgan fingerprint density at radius 2 is 2.15 bits per heavy atom. The first kappa shape index (κ1) is 14.3. The van der Waals surface area contributed by atoms with Crippen molar-refractivity contribution in [2.24, 2.45) is 5.73 Å². The van der Waals surface area contributed by atoms with Crippen LogP contribution in [-0.2, 0) is 9.59 Å². The highest BCUT2D eigenvalue weighted by atomic mass is 16.5. The monoisotopic (exact) mass is 278 g/mol. The van der Waals surface area contributed by atoms with Gasteiger partial charge in [0.05, 0.1) is 11.6 Å². The zero-order chi connectivity index (χ0) is 15.1. The number of benzene rings is 1. The first-order chi connectivity index (χ1) is 9.27. The van der Waals surface area contributed by atoms with Crippen LogP contribution in [0.4, 0.5) is 5.69 Å². The van der Waals surface area contributed by atoms with Gasteiger partial charge in [0.25, 0.3) is 5.91 Å². The second-order valence-electron chi connectivity index (χ2n) is 5.33. The lowest BCUT2D eigenvalue weighted by molar-refractivity contribution is -0.138. The molecular weight excluding hydrogens is 260 g/mol. The number of anilines is 1. The highest BCUT2D eigenvalue weighted by molar-refractivity contribution is 6.02. The van der Waals surface area contributed by atoms with Crippen molar-refractivity contribution in [2.75, 3.05) is 18.5 Å². The summed E-state index contributed by atoms with van der Waals surface area (Å²) in [5, 5.41) is 9.14. The zero-order valence-electron chi connectivity index (χ0n) is 11.7. The third kappa shape index (κ3) is 2.22. The summed E-state index contributed by atoms with van der Waals surface area (Å²) in [5.74, 6) is -1.40.